The highest BCUT2D eigenvalue weighted by Gasteiger charge is 2.36. The summed E-state index contributed by atoms with van der Waals surface area (Å²) in [5, 5.41) is 3.24. The van der Waals surface area contributed by atoms with Crippen molar-refractivity contribution in [3.05, 3.63) is 0 Å². The third-order valence-corrected chi connectivity index (χ3v) is 3.63. The van der Waals surface area contributed by atoms with E-state index in [4.69, 9.17) is 0 Å². The molecule has 14 heavy (non-hydrogen) atoms. The van der Waals surface area contributed by atoms with Crippen LogP contribution in [0.25, 0.3) is 0 Å². The molecule has 0 bridgehead atoms. The SMILES string of the molecule is CNC1CCN(C(=O)C2CC(C)C2)C1. The topological polar surface area (TPSA) is 32.3 Å². The average Bonchev–Trinajstić information content (AvgIpc) is 2.60. The van der Waals surface area contributed by atoms with Gasteiger partial charge in [0.05, 0.1) is 0 Å². The molecule has 3 heteroatoms. The molecule has 2 fully saturated rings. The van der Waals surface area contributed by atoms with Crippen LogP contribution in [0, 0.1) is 11.8 Å². The zero-order valence-corrected chi connectivity index (χ0v) is 9.12. The molecule has 2 rings (SSSR count). The van der Waals surface area contributed by atoms with Gasteiger partial charge in [-0.25, -0.2) is 0 Å². The van der Waals surface area contributed by atoms with Gasteiger partial charge in [0.1, 0.15) is 0 Å². The Labute approximate surface area is 85.8 Å². The first-order valence-corrected chi connectivity index (χ1v) is 5.66. The van der Waals surface area contributed by atoms with E-state index in [1.165, 1.54) is 0 Å². The summed E-state index contributed by atoms with van der Waals surface area (Å²) in [6.45, 7) is 4.10. The molecule has 0 radical (unpaired) electrons. The molecule has 0 aromatic heterocycles. The molecular weight excluding hydrogens is 176 g/mol. The van der Waals surface area contributed by atoms with Crippen LogP contribution in [0.2, 0.25) is 0 Å². The largest absolute Gasteiger partial charge is 0.341 e. The number of nitrogens with zero attached hydrogens (tertiary/aromatic N) is 1. The lowest BCUT2D eigenvalue weighted by atomic mass is 9.75. The minimum atomic E-state index is 0.348. The number of rotatable bonds is 2. The van der Waals surface area contributed by atoms with Crippen LogP contribution >= 0.6 is 0 Å². The van der Waals surface area contributed by atoms with Gasteiger partial charge in [-0.2, -0.15) is 0 Å². The number of likely N-dealkylation sites (tertiary alicyclic amines) is 1. The van der Waals surface area contributed by atoms with E-state index in [9.17, 15) is 4.79 Å². The first-order chi connectivity index (χ1) is 6.70. The summed E-state index contributed by atoms with van der Waals surface area (Å²) < 4.78 is 0. The first-order valence-electron chi connectivity index (χ1n) is 5.66. The zero-order valence-electron chi connectivity index (χ0n) is 9.12. The van der Waals surface area contributed by atoms with Crippen LogP contribution in [0.4, 0.5) is 0 Å². The quantitative estimate of drug-likeness (QED) is 0.710. The summed E-state index contributed by atoms with van der Waals surface area (Å²) in [6, 6.07) is 0.524. The van der Waals surface area contributed by atoms with Crippen molar-refractivity contribution in [3.8, 4) is 0 Å². The number of amides is 1. The van der Waals surface area contributed by atoms with Crippen molar-refractivity contribution in [1.82, 2.24) is 10.2 Å². The fraction of sp³-hybridized carbons (Fsp3) is 0.909. The number of likely N-dealkylation sites (N-methyl/N-ethyl adjacent to an activating group) is 1. The van der Waals surface area contributed by atoms with Crippen molar-refractivity contribution < 1.29 is 4.79 Å². The van der Waals surface area contributed by atoms with Gasteiger partial charge >= 0.3 is 0 Å². The van der Waals surface area contributed by atoms with Crippen molar-refractivity contribution in [2.75, 3.05) is 20.1 Å². The van der Waals surface area contributed by atoms with Gasteiger partial charge in [-0.1, -0.05) is 6.92 Å². The Morgan fingerprint density at radius 2 is 2.14 bits per heavy atom. The van der Waals surface area contributed by atoms with Crippen LogP contribution < -0.4 is 5.32 Å². The molecule has 3 nitrogen and oxygen atoms in total. The summed E-state index contributed by atoms with van der Waals surface area (Å²) in [5.41, 5.74) is 0. The van der Waals surface area contributed by atoms with E-state index in [0.717, 1.165) is 38.3 Å². The van der Waals surface area contributed by atoms with Crippen molar-refractivity contribution in [2.45, 2.75) is 32.2 Å². The molecule has 0 aromatic rings. The van der Waals surface area contributed by atoms with E-state index in [2.05, 4.69) is 12.2 Å². The Morgan fingerprint density at radius 3 is 2.64 bits per heavy atom. The van der Waals surface area contributed by atoms with E-state index in [-0.39, 0.29) is 0 Å². The summed E-state index contributed by atoms with van der Waals surface area (Å²) in [5.74, 6) is 1.52. The third-order valence-electron chi connectivity index (χ3n) is 3.63. The molecule has 1 aliphatic heterocycles. The monoisotopic (exact) mass is 196 g/mol. The van der Waals surface area contributed by atoms with E-state index in [1.54, 1.807) is 0 Å². The third kappa shape index (κ3) is 1.78. The summed E-state index contributed by atoms with van der Waals surface area (Å²) in [6.07, 6.45) is 3.34. The van der Waals surface area contributed by atoms with Crippen LogP contribution in [-0.4, -0.2) is 37.0 Å². The Hall–Kier alpha value is -0.570. The second-order valence-corrected chi connectivity index (χ2v) is 4.83. The maximum absolute atomic E-state index is 11.9. The number of hydrogen-bond acceptors (Lipinski definition) is 2. The van der Waals surface area contributed by atoms with Gasteiger partial charge in [0, 0.05) is 25.0 Å². The number of nitrogens with one attached hydrogen (secondary N) is 1. The Bertz CT molecular complexity index is 223. The summed E-state index contributed by atoms with van der Waals surface area (Å²) >= 11 is 0. The minimum Gasteiger partial charge on any atom is -0.341 e. The summed E-state index contributed by atoms with van der Waals surface area (Å²) in [7, 11) is 1.98. The van der Waals surface area contributed by atoms with Crippen LogP contribution in [0.5, 0.6) is 0 Å². The lowest BCUT2D eigenvalue weighted by molar-refractivity contribution is -0.138. The highest BCUT2D eigenvalue weighted by molar-refractivity contribution is 5.80. The van der Waals surface area contributed by atoms with Gasteiger partial charge in [0.2, 0.25) is 5.91 Å². The van der Waals surface area contributed by atoms with Crippen molar-refractivity contribution >= 4 is 5.91 Å². The van der Waals surface area contributed by atoms with Gasteiger partial charge in [-0.3, -0.25) is 4.79 Å². The number of hydrogen-bond donors (Lipinski definition) is 1. The summed E-state index contributed by atoms with van der Waals surface area (Å²) in [4.78, 5) is 14.0. The molecule has 0 aromatic carbocycles. The van der Waals surface area contributed by atoms with Gasteiger partial charge in [0.25, 0.3) is 0 Å². The molecule has 1 amide bonds. The van der Waals surface area contributed by atoms with Crippen molar-refractivity contribution in [3.63, 3.8) is 0 Å². The molecule has 1 N–H and O–H groups in total. The van der Waals surface area contributed by atoms with E-state index in [0.29, 0.717) is 17.9 Å². The second kappa shape index (κ2) is 3.89. The number of carbonyl (C=O) groups excluding carboxylic acids is 1. The van der Waals surface area contributed by atoms with Crippen LogP contribution in [0.15, 0.2) is 0 Å². The highest BCUT2D eigenvalue weighted by atomic mass is 16.2. The van der Waals surface area contributed by atoms with Gasteiger partial charge in [-0.15, -0.1) is 0 Å². The Kier molecular flexibility index (Phi) is 2.77. The molecule has 1 heterocycles. The normalized spacial score (nSPS) is 37.0. The molecule has 1 unspecified atom stereocenters. The fourth-order valence-electron chi connectivity index (χ4n) is 2.56. The number of carbonyl (C=O) groups is 1. The van der Waals surface area contributed by atoms with E-state index >= 15 is 0 Å². The molecule has 1 aliphatic carbocycles. The first kappa shape index (κ1) is 9.97. The lowest BCUT2D eigenvalue weighted by Gasteiger charge is -2.34. The van der Waals surface area contributed by atoms with Gasteiger partial charge in [0.15, 0.2) is 0 Å². The Morgan fingerprint density at radius 1 is 1.43 bits per heavy atom. The smallest absolute Gasteiger partial charge is 0.225 e. The fourth-order valence-corrected chi connectivity index (χ4v) is 2.56. The molecule has 1 atom stereocenters. The lowest BCUT2D eigenvalue weighted by Crippen LogP contribution is -2.41. The molecule has 1 saturated heterocycles. The predicted molar refractivity (Wildman–Crippen MR) is 55.9 cm³/mol. The zero-order chi connectivity index (χ0) is 10.1. The van der Waals surface area contributed by atoms with E-state index < -0.39 is 0 Å². The molecule has 0 spiro atoms. The minimum absolute atomic E-state index is 0.348. The van der Waals surface area contributed by atoms with Crippen LogP contribution in [0.1, 0.15) is 26.2 Å². The van der Waals surface area contributed by atoms with Crippen molar-refractivity contribution in [2.24, 2.45) is 11.8 Å². The Balaban J connectivity index is 1.82. The highest BCUT2D eigenvalue weighted by Crippen LogP contribution is 2.34. The molecule has 2 aliphatic rings. The maximum atomic E-state index is 11.9. The molecular formula is C11H20N2O. The standard InChI is InChI=1S/C11H20N2O/c1-8-5-9(6-8)11(14)13-4-3-10(7-13)12-2/h8-10,12H,3-7H2,1-2H3. The van der Waals surface area contributed by atoms with Crippen LogP contribution in [0.3, 0.4) is 0 Å². The van der Waals surface area contributed by atoms with Gasteiger partial charge < -0.3 is 10.2 Å². The van der Waals surface area contributed by atoms with Crippen molar-refractivity contribution in [1.29, 1.82) is 0 Å². The van der Waals surface area contributed by atoms with E-state index in [1.807, 2.05) is 11.9 Å². The predicted octanol–water partition coefficient (Wildman–Crippen LogP) is 0.853. The van der Waals surface area contributed by atoms with Crippen LogP contribution in [-0.2, 0) is 4.79 Å². The maximum Gasteiger partial charge on any atom is 0.225 e. The molecule has 1 saturated carbocycles. The van der Waals surface area contributed by atoms with Gasteiger partial charge in [-0.05, 0) is 32.2 Å². The molecule has 80 valence electrons. The second-order valence-electron chi connectivity index (χ2n) is 4.83. The average molecular weight is 196 g/mol.